The third-order valence-corrected chi connectivity index (χ3v) is 3.42. The number of rotatable bonds is 4. The lowest BCUT2D eigenvalue weighted by Gasteiger charge is -2.09. The fraction of sp³-hybridized carbons (Fsp3) is 0.0556. The van der Waals surface area contributed by atoms with Crippen molar-refractivity contribution in [3.05, 3.63) is 59.3 Å². The molecule has 0 aliphatic rings. The Balaban J connectivity index is 2.24. The first-order valence-corrected chi connectivity index (χ1v) is 7.07. The van der Waals surface area contributed by atoms with E-state index in [-0.39, 0.29) is 34.8 Å². The molecule has 24 heavy (non-hydrogen) atoms. The summed E-state index contributed by atoms with van der Waals surface area (Å²) >= 11 is 0. The minimum Gasteiger partial charge on any atom is -0.508 e. The molecule has 0 atom stereocenters. The number of benzene rings is 2. The van der Waals surface area contributed by atoms with Crippen LogP contribution < -0.4 is 10.2 Å². The van der Waals surface area contributed by atoms with E-state index in [0.29, 0.717) is 11.3 Å². The molecule has 3 aromatic rings. The summed E-state index contributed by atoms with van der Waals surface area (Å²) in [5, 5.41) is 29.4. The fourth-order valence-corrected chi connectivity index (χ4v) is 2.31. The molecule has 0 radical (unpaired) electrons. The monoisotopic (exact) mass is 326 g/mol. The Morgan fingerprint density at radius 2 is 1.83 bits per heavy atom. The highest BCUT2D eigenvalue weighted by Gasteiger charge is 2.19. The van der Waals surface area contributed by atoms with E-state index in [9.17, 15) is 20.1 Å². The zero-order valence-electron chi connectivity index (χ0n) is 12.5. The van der Waals surface area contributed by atoms with Crippen molar-refractivity contribution < 1.29 is 24.5 Å². The molecule has 0 aliphatic carbocycles. The summed E-state index contributed by atoms with van der Waals surface area (Å²) in [7, 11) is 0. The Morgan fingerprint density at radius 1 is 1.12 bits per heavy atom. The topological polar surface area (TPSA) is 100 Å². The summed E-state index contributed by atoms with van der Waals surface area (Å²) in [5.41, 5.74) is -0.284. The highest BCUT2D eigenvalue weighted by molar-refractivity contribution is 5.88. The summed E-state index contributed by atoms with van der Waals surface area (Å²) in [6.07, 6.45) is 1.54. The average molecular weight is 326 g/mol. The number of fused-ring (bicyclic) bond motifs is 1. The van der Waals surface area contributed by atoms with Crippen LogP contribution in [0.5, 0.6) is 23.0 Å². The smallest absolute Gasteiger partial charge is 0.238 e. The molecule has 122 valence electrons. The van der Waals surface area contributed by atoms with Gasteiger partial charge in [-0.2, -0.15) is 0 Å². The van der Waals surface area contributed by atoms with Gasteiger partial charge in [-0.1, -0.05) is 12.7 Å². The maximum absolute atomic E-state index is 12.4. The molecule has 2 aromatic carbocycles. The second-order valence-electron chi connectivity index (χ2n) is 5.07. The molecule has 0 fully saturated rings. The fourth-order valence-electron chi connectivity index (χ4n) is 2.31. The molecular weight excluding hydrogens is 312 g/mol. The van der Waals surface area contributed by atoms with Gasteiger partial charge in [0.05, 0.1) is 0 Å². The summed E-state index contributed by atoms with van der Waals surface area (Å²) in [4.78, 5) is 12.4. The molecule has 0 aliphatic heterocycles. The number of ether oxygens (including phenoxy) is 1. The predicted molar refractivity (Wildman–Crippen MR) is 88.6 cm³/mol. The maximum atomic E-state index is 12.4. The first kappa shape index (κ1) is 15.5. The Hall–Kier alpha value is -3.41. The summed E-state index contributed by atoms with van der Waals surface area (Å²) < 4.78 is 10.9. The summed E-state index contributed by atoms with van der Waals surface area (Å²) in [6, 6.07) is 8.51. The summed E-state index contributed by atoms with van der Waals surface area (Å²) in [6.45, 7) is 3.75. The van der Waals surface area contributed by atoms with Crippen LogP contribution in [0, 0.1) is 0 Å². The number of hydrogen-bond donors (Lipinski definition) is 3. The molecule has 0 saturated carbocycles. The van der Waals surface area contributed by atoms with Gasteiger partial charge in [0.2, 0.25) is 11.2 Å². The Morgan fingerprint density at radius 3 is 2.50 bits per heavy atom. The van der Waals surface area contributed by atoms with Crippen LogP contribution in [0.4, 0.5) is 0 Å². The van der Waals surface area contributed by atoms with E-state index in [1.54, 1.807) is 0 Å². The number of phenols is 2. The highest BCUT2D eigenvalue weighted by Crippen LogP contribution is 2.35. The van der Waals surface area contributed by atoms with E-state index in [1.165, 1.54) is 42.5 Å². The molecule has 0 spiro atoms. The molecule has 6 nitrogen and oxygen atoms in total. The molecule has 3 rings (SSSR count). The second-order valence-corrected chi connectivity index (χ2v) is 5.07. The van der Waals surface area contributed by atoms with Gasteiger partial charge in [-0.25, -0.2) is 0 Å². The van der Waals surface area contributed by atoms with Crippen LogP contribution >= 0.6 is 0 Å². The predicted octanol–water partition coefficient (Wildman–Crippen LogP) is 3.14. The average Bonchev–Trinajstić information content (AvgIpc) is 2.56. The number of hydrogen-bond acceptors (Lipinski definition) is 6. The molecular formula is C18H14O6. The van der Waals surface area contributed by atoms with Crippen molar-refractivity contribution in [3.63, 3.8) is 0 Å². The zero-order valence-corrected chi connectivity index (χ0v) is 12.5. The second kappa shape index (κ2) is 6.00. The molecule has 1 heterocycles. The van der Waals surface area contributed by atoms with E-state index in [4.69, 9.17) is 9.15 Å². The van der Waals surface area contributed by atoms with Crippen LogP contribution in [0.1, 0.15) is 0 Å². The van der Waals surface area contributed by atoms with Crippen molar-refractivity contribution in [1.82, 2.24) is 0 Å². The molecule has 6 heteroatoms. The third-order valence-electron chi connectivity index (χ3n) is 3.42. The normalized spacial score (nSPS) is 10.7. The SMILES string of the molecule is C=CCOc1cc(O)c2c(=O)c(O)c(-c3ccc(O)cc3)oc2c1. The largest absolute Gasteiger partial charge is 0.508 e. The van der Waals surface area contributed by atoms with Crippen LogP contribution in [0.25, 0.3) is 22.3 Å². The quantitative estimate of drug-likeness (QED) is 0.637. The maximum Gasteiger partial charge on any atom is 0.238 e. The standard InChI is InChI=1S/C18H14O6/c1-2-7-23-12-8-13(20)15-14(9-12)24-18(17(22)16(15)21)10-3-5-11(19)6-4-10/h2-6,8-9,19-20,22H,1,7H2. The van der Waals surface area contributed by atoms with Gasteiger partial charge in [0.1, 0.15) is 34.8 Å². The lowest BCUT2D eigenvalue weighted by atomic mass is 10.1. The van der Waals surface area contributed by atoms with Gasteiger partial charge in [-0.05, 0) is 24.3 Å². The van der Waals surface area contributed by atoms with Crippen LogP contribution in [0.15, 0.2) is 58.3 Å². The van der Waals surface area contributed by atoms with E-state index >= 15 is 0 Å². The highest BCUT2D eigenvalue weighted by atomic mass is 16.5. The molecule has 0 unspecified atom stereocenters. The van der Waals surface area contributed by atoms with Crippen molar-refractivity contribution in [3.8, 4) is 34.3 Å². The Bertz CT molecular complexity index is 969. The molecule has 1 aromatic heterocycles. The minimum absolute atomic E-state index is 0.0409. The van der Waals surface area contributed by atoms with Crippen molar-refractivity contribution in [2.45, 2.75) is 0 Å². The lowest BCUT2D eigenvalue weighted by Crippen LogP contribution is -2.03. The van der Waals surface area contributed by atoms with Gasteiger partial charge in [-0.15, -0.1) is 0 Å². The van der Waals surface area contributed by atoms with Crippen molar-refractivity contribution in [2.24, 2.45) is 0 Å². The van der Waals surface area contributed by atoms with Gasteiger partial charge >= 0.3 is 0 Å². The van der Waals surface area contributed by atoms with Crippen molar-refractivity contribution in [2.75, 3.05) is 6.61 Å². The number of aromatic hydroxyl groups is 3. The summed E-state index contributed by atoms with van der Waals surface area (Å²) in [5.74, 6) is -0.701. The van der Waals surface area contributed by atoms with Crippen LogP contribution in [-0.2, 0) is 0 Å². The van der Waals surface area contributed by atoms with E-state index < -0.39 is 11.2 Å². The molecule has 0 saturated heterocycles. The molecule has 0 amide bonds. The van der Waals surface area contributed by atoms with Gasteiger partial charge in [-0.3, -0.25) is 4.79 Å². The minimum atomic E-state index is -0.757. The third kappa shape index (κ3) is 2.65. The van der Waals surface area contributed by atoms with Gasteiger partial charge in [0.25, 0.3) is 0 Å². The van der Waals surface area contributed by atoms with Crippen LogP contribution in [0.3, 0.4) is 0 Å². The van der Waals surface area contributed by atoms with Crippen molar-refractivity contribution >= 4 is 11.0 Å². The van der Waals surface area contributed by atoms with E-state index in [0.717, 1.165) is 0 Å². The van der Waals surface area contributed by atoms with Crippen molar-refractivity contribution in [1.29, 1.82) is 0 Å². The lowest BCUT2D eigenvalue weighted by molar-refractivity contribution is 0.359. The zero-order chi connectivity index (χ0) is 17.3. The van der Waals surface area contributed by atoms with Crippen LogP contribution in [0.2, 0.25) is 0 Å². The molecule has 0 bridgehead atoms. The van der Waals surface area contributed by atoms with Gasteiger partial charge in [0, 0.05) is 17.7 Å². The first-order valence-electron chi connectivity index (χ1n) is 7.07. The van der Waals surface area contributed by atoms with E-state index in [1.807, 2.05) is 0 Å². The number of phenolic OH excluding ortho intramolecular Hbond substituents is 2. The van der Waals surface area contributed by atoms with E-state index in [2.05, 4.69) is 6.58 Å². The van der Waals surface area contributed by atoms with Gasteiger partial charge in [0.15, 0.2) is 5.76 Å². The van der Waals surface area contributed by atoms with Crippen LogP contribution in [-0.4, -0.2) is 21.9 Å². The van der Waals surface area contributed by atoms with Gasteiger partial charge < -0.3 is 24.5 Å². The molecule has 3 N–H and O–H groups in total. The Labute approximate surface area is 136 Å². The Kier molecular flexibility index (Phi) is 3.87. The first-order chi connectivity index (χ1) is 11.5.